The van der Waals surface area contributed by atoms with Gasteiger partial charge in [0.05, 0.1) is 7.11 Å². The number of methoxy groups -OCH3 is 1. The number of carbonyl (C=O) groups is 1. The number of esters is 1. The summed E-state index contributed by atoms with van der Waals surface area (Å²) in [4.78, 5) is 16.2. The Hall–Kier alpha value is -1.40. The number of nitrogens with zero attached hydrogens (tertiary/aromatic N) is 1. The zero-order chi connectivity index (χ0) is 13.8. The van der Waals surface area contributed by atoms with Gasteiger partial charge in [-0.3, -0.25) is 0 Å². The van der Waals surface area contributed by atoms with E-state index in [0.29, 0.717) is 5.01 Å². The summed E-state index contributed by atoms with van der Waals surface area (Å²) < 4.78 is 5.77. The lowest BCUT2D eigenvalue weighted by atomic mass is 10.2. The largest absolute Gasteiger partial charge is 0.467 e. The molecule has 19 heavy (non-hydrogen) atoms. The number of hydrogen-bond donors (Lipinski definition) is 1. The van der Waals surface area contributed by atoms with Crippen LogP contribution in [-0.4, -0.2) is 18.1 Å². The highest BCUT2D eigenvalue weighted by atomic mass is 79.9. The van der Waals surface area contributed by atoms with Crippen molar-refractivity contribution in [3.8, 4) is 0 Å². The monoisotopic (exact) mass is 340 g/mol. The van der Waals surface area contributed by atoms with Crippen LogP contribution in [0.1, 0.15) is 16.7 Å². The van der Waals surface area contributed by atoms with Crippen LogP contribution in [0.3, 0.4) is 0 Å². The number of hydrogen-bond acceptors (Lipinski definition) is 5. The van der Waals surface area contributed by atoms with Gasteiger partial charge in [-0.15, -0.1) is 11.3 Å². The summed E-state index contributed by atoms with van der Waals surface area (Å²) in [5.74, 6) is -0.352. The highest BCUT2D eigenvalue weighted by Crippen LogP contribution is 2.25. The summed E-state index contributed by atoms with van der Waals surface area (Å²) in [6, 6.07) is 7.02. The lowest BCUT2D eigenvalue weighted by Gasteiger charge is -2.15. The molecule has 1 aromatic carbocycles. The van der Waals surface area contributed by atoms with Gasteiger partial charge in [0, 0.05) is 21.2 Å². The molecule has 2 aromatic rings. The molecule has 0 bridgehead atoms. The summed E-state index contributed by atoms with van der Waals surface area (Å²) in [5.41, 5.74) is 1.72. The molecule has 0 aliphatic carbocycles. The molecule has 0 aliphatic rings. The van der Waals surface area contributed by atoms with E-state index in [1.807, 2.05) is 36.6 Å². The lowest BCUT2D eigenvalue weighted by molar-refractivity contribution is -0.141. The topological polar surface area (TPSA) is 51.2 Å². The molecule has 0 spiro atoms. The highest BCUT2D eigenvalue weighted by Gasteiger charge is 2.24. The molecule has 1 N–H and O–H groups in total. The molecule has 0 radical (unpaired) electrons. The van der Waals surface area contributed by atoms with Gasteiger partial charge in [0.1, 0.15) is 5.01 Å². The van der Waals surface area contributed by atoms with Gasteiger partial charge in [0.2, 0.25) is 0 Å². The van der Waals surface area contributed by atoms with Crippen molar-refractivity contribution < 1.29 is 9.53 Å². The van der Waals surface area contributed by atoms with Crippen LogP contribution in [0, 0.1) is 6.92 Å². The third kappa shape index (κ3) is 3.54. The maximum absolute atomic E-state index is 11.9. The molecule has 1 unspecified atom stereocenters. The second-order valence-electron chi connectivity index (χ2n) is 3.94. The van der Waals surface area contributed by atoms with Gasteiger partial charge in [-0.25, -0.2) is 9.78 Å². The molecule has 4 nitrogen and oxygen atoms in total. The van der Waals surface area contributed by atoms with Gasteiger partial charge in [-0.2, -0.15) is 0 Å². The third-order valence-corrected chi connectivity index (χ3v) is 3.98. The Morgan fingerprint density at radius 1 is 1.53 bits per heavy atom. The van der Waals surface area contributed by atoms with E-state index in [1.165, 1.54) is 18.4 Å². The molecule has 6 heteroatoms. The molecule has 2 rings (SSSR count). The van der Waals surface area contributed by atoms with Crippen LogP contribution in [0.15, 0.2) is 34.1 Å². The predicted molar refractivity (Wildman–Crippen MR) is 79.4 cm³/mol. The summed E-state index contributed by atoms with van der Waals surface area (Å²) in [6.07, 6.45) is 0. The number of anilines is 1. The van der Waals surface area contributed by atoms with Crippen molar-refractivity contribution in [1.29, 1.82) is 0 Å². The third-order valence-electron chi connectivity index (χ3n) is 2.46. The van der Waals surface area contributed by atoms with Gasteiger partial charge in [0.15, 0.2) is 6.04 Å². The summed E-state index contributed by atoms with van der Waals surface area (Å²) >= 11 is 4.84. The van der Waals surface area contributed by atoms with E-state index in [1.54, 1.807) is 0 Å². The number of aryl methyl sites for hydroxylation is 1. The van der Waals surface area contributed by atoms with Crippen LogP contribution in [0.4, 0.5) is 5.69 Å². The van der Waals surface area contributed by atoms with E-state index in [0.717, 1.165) is 15.9 Å². The molecule has 0 saturated carbocycles. The fraction of sp³-hybridized carbons (Fsp3) is 0.231. The Balaban J connectivity index is 2.26. The van der Waals surface area contributed by atoms with Crippen LogP contribution in [0.2, 0.25) is 0 Å². The zero-order valence-corrected chi connectivity index (χ0v) is 12.9. The van der Waals surface area contributed by atoms with Crippen molar-refractivity contribution in [3.63, 3.8) is 0 Å². The molecule has 0 aliphatic heterocycles. The second kappa shape index (κ2) is 6.16. The highest BCUT2D eigenvalue weighted by molar-refractivity contribution is 9.10. The van der Waals surface area contributed by atoms with Crippen LogP contribution >= 0.6 is 27.3 Å². The van der Waals surface area contributed by atoms with Gasteiger partial charge < -0.3 is 10.1 Å². The van der Waals surface area contributed by atoms with Crippen molar-refractivity contribution in [3.05, 3.63) is 44.8 Å². The standard InChI is InChI=1S/C13H13BrN2O2S/c1-8-7-19-12(15-8)11(13(17)18-2)16-10-5-3-4-9(14)6-10/h3-7,11,16H,1-2H3. The average molecular weight is 341 g/mol. The number of thiazole rings is 1. The number of aromatic nitrogens is 1. The smallest absolute Gasteiger partial charge is 0.335 e. The SMILES string of the molecule is COC(=O)C(Nc1cccc(Br)c1)c1nc(C)cs1. The molecule has 0 amide bonds. The van der Waals surface area contributed by atoms with Crippen LogP contribution in [0.25, 0.3) is 0 Å². The van der Waals surface area contributed by atoms with Gasteiger partial charge in [0.25, 0.3) is 0 Å². The van der Waals surface area contributed by atoms with Gasteiger partial charge in [-0.05, 0) is 25.1 Å². The molecule has 0 fully saturated rings. The molecular weight excluding hydrogens is 328 g/mol. The van der Waals surface area contributed by atoms with Gasteiger partial charge in [-0.1, -0.05) is 22.0 Å². The van der Waals surface area contributed by atoms with E-state index >= 15 is 0 Å². The molecule has 0 saturated heterocycles. The first-order valence-electron chi connectivity index (χ1n) is 5.62. The molecular formula is C13H13BrN2O2S. The van der Waals surface area contributed by atoms with Gasteiger partial charge >= 0.3 is 5.97 Å². The predicted octanol–water partition coefficient (Wildman–Crippen LogP) is 3.54. The first kappa shape index (κ1) is 14.0. The summed E-state index contributed by atoms with van der Waals surface area (Å²) in [6.45, 7) is 1.90. The van der Waals surface area contributed by atoms with Crippen molar-refractivity contribution in [2.45, 2.75) is 13.0 Å². The minimum atomic E-state index is -0.585. The Labute approximate surface area is 124 Å². The first-order chi connectivity index (χ1) is 9.10. The zero-order valence-electron chi connectivity index (χ0n) is 10.5. The lowest BCUT2D eigenvalue weighted by Crippen LogP contribution is -2.22. The van der Waals surface area contributed by atoms with Crippen molar-refractivity contribution >= 4 is 38.9 Å². The Bertz CT molecular complexity index is 586. The second-order valence-corrected chi connectivity index (χ2v) is 5.74. The molecule has 1 aromatic heterocycles. The summed E-state index contributed by atoms with van der Waals surface area (Å²) in [7, 11) is 1.37. The normalized spacial score (nSPS) is 11.9. The van der Waals surface area contributed by atoms with E-state index in [-0.39, 0.29) is 5.97 Å². The van der Waals surface area contributed by atoms with Crippen molar-refractivity contribution in [2.24, 2.45) is 0 Å². The number of benzene rings is 1. The fourth-order valence-electron chi connectivity index (χ4n) is 1.59. The Morgan fingerprint density at radius 3 is 2.89 bits per heavy atom. The number of rotatable bonds is 4. The average Bonchev–Trinajstić information content (AvgIpc) is 2.81. The van der Waals surface area contributed by atoms with E-state index < -0.39 is 6.04 Å². The molecule has 1 atom stereocenters. The van der Waals surface area contributed by atoms with Crippen LogP contribution in [-0.2, 0) is 9.53 Å². The van der Waals surface area contributed by atoms with E-state index in [2.05, 4.69) is 26.2 Å². The van der Waals surface area contributed by atoms with Crippen molar-refractivity contribution in [1.82, 2.24) is 4.98 Å². The Kier molecular flexibility index (Phi) is 4.55. The Morgan fingerprint density at radius 2 is 2.32 bits per heavy atom. The maximum atomic E-state index is 11.9. The van der Waals surface area contributed by atoms with Crippen molar-refractivity contribution in [2.75, 3.05) is 12.4 Å². The van der Waals surface area contributed by atoms with E-state index in [4.69, 9.17) is 4.74 Å². The molecule has 1 heterocycles. The summed E-state index contributed by atoms with van der Waals surface area (Å²) in [5, 5.41) is 5.75. The first-order valence-corrected chi connectivity index (χ1v) is 7.29. The van der Waals surface area contributed by atoms with Crippen LogP contribution < -0.4 is 5.32 Å². The number of carbonyl (C=O) groups excluding carboxylic acids is 1. The maximum Gasteiger partial charge on any atom is 0.335 e. The fourth-order valence-corrected chi connectivity index (χ4v) is 2.82. The number of halogens is 1. The minimum absolute atomic E-state index is 0.352. The minimum Gasteiger partial charge on any atom is -0.467 e. The van der Waals surface area contributed by atoms with E-state index in [9.17, 15) is 4.79 Å². The number of ether oxygens (including phenoxy) is 1. The molecule has 100 valence electrons. The van der Waals surface area contributed by atoms with Crippen LogP contribution in [0.5, 0.6) is 0 Å². The number of nitrogens with one attached hydrogen (secondary N) is 1. The quantitative estimate of drug-likeness (QED) is 0.865.